The average Bonchev–Trinajstić information content (AvgIpc) is 2.77. The van der Waals surface area contributed by atoms with Crippen LogP contribution in [0.5, 0.6) is 0 Å². The van der Waals surface area contributed by atoms with Crippen molar-refractivity contribution in [3.63, 3.8) is 0 Å². The molecule has 2 rings (SSSR count). The molecule has 1 aromatic heterocycles. The van der Waals surface area contributed by atoms with Crippen LogP contribution in [0, 0.1) is 0 Å². The van der Waals surface area contributed by atoms with Crippen molar-refractivity contribution < 1.29 is 0 Å². The van der Waals surface area contributed by atoms with Gasteiger partial charge in [-0.15, -0.1) is 23.7 Å². The van der Waals surface area contributed by atoms with Crippen molar-refractivity contribution in [3.8, 4) is 0 Å². The molecule has 2 heterocycles. The van der Waals surface area contributed by atoms with E-state index < -0.39 is 0 Å². The van der Waals surface area contributed by atoms with Crippen LogP contribution in [0.1, 0.15) is 31.6 Å². The Bertz CT molecular complexity index is 306. The van der Waals surface area contributed by atoms with Crippen LogP contribution >= 0.6 is 23.7 Å². The van der Waals surface area contributed by atoms with Gasteiger partial charge in [0.2, 0.25) is 0 Å². The highest BCUT2D eigenvalue weighted by atomic mass is 35.5. The molecule has 1 aliphatic heterocycles. The van der Waals surface area contributed by atoms with E-state index in [1.54, 1.807) is 0 Å². The highest BCUT2D eigenvalue weighted by Gasteiger charge is 2.12. The van der Waals surface area contributed by atoms with E-state index >= 15 is 0 Å². The maximum absolute atomic E-state index is 3.45. The highest BCUT2D eigenvalue weighted by Crippen LogP contribution is 2.24. The van der Waals surface area contributed by atoms with Crippen molar-refractivity contribution in [2.75, 3.05) is 18.4 Å². The SMILES string of the molecule is CC(C)Nc1ccc(CN2CCCC2)s1.Cl. The van der Waals surface area contributed by atoms with Gasteiger partial charge >= 0.3 is 0 Å². The predicted molar refractivity (Wildman–Crippen MR) is 74.8 cm³/mol. The van der Waals surface area contributed by atoms with Crippen LogP contribution in [0.3, 0.4) is 0 Å². The van der Waals surface area contributed by atoms with Crippen LogP contribution in [0.2, 0.25) is 0 Å². The number of hydrogen-bond donors (Lipinski definition) is 1. The fourth-order valence-corrected chi connectivity index (χ4v) is 3.08. The molecule has 0 aliphatic carbocycles. The fraction of sp³-hybridized carbons (Fsp3) is 0.667. The molecule has 0 radical (unpaired) electrons. The fourth-order valence-electron chi connectivity index (χ4n) is 1.99. The molecule has 0 aromatic carbocycles. The van der Waals surface area contributed by atoms with E-state index in [1.165, 1.54) is 35.8 Å². The molecule has 1 N–H and O–H groups in total. The lowest BCUT2D eigenvalue weighted by atomic mass is 10.4. The Balaban J connectivity index is 0.00000128. The van der Waals surface area contributed by atoms with E-state index in [-0.39, 0.29) is 12.4 Å². The Morgan fingerprint density at radius 3 is 2.62 bits per heavy atom. The molecule has 1 fully saturated rings. The maximum Gasteiger partial charge on any atom is 0.0887 e. The van der Waals surface area contributed by atoms with Crippen molar-refractivity contribution in [3.05, 3.63) is 17.0 Å². The third-order valence-electron chi connectivity index (χ3n) is 2.67. The van der Waals surface area contributed by atoms with Gasteiger partial charge in [-0.1, -0.05) is 0 Å². The summed E-state index contributed by atoms with van der Waals surface area (Å²) in [6.45, 7) is 8.07. The van der Waals surface area contributed by atoms with E-state index in [4.69, 9.17) is 0 Å². The van der Waals surface area contributed by atoms with E-state index in [0.717, 1.165) is 6.54 Å². The molecule has 0 amide bonds. The van der Waals surface area contributed by atoms with Crippen molar-refractivity contribution in [2.45, 2.75) is 39.3 Å². The molecule has 0 atom stereocenters. The van der Waals surface area contributed by atoms with Gasteiger partial charge in [0, 0.05) is 17.5 Å². The quantitative estimate of drug-likeness (QED) is 0.890. The van der Waals surface area contributed by atoms with Crippen molar-refractivity contribution in [2.24, 2.45) is 0 Å². The van der Waals surface area contributed by atoms with Gasteiger partial charge in [-0.05, 0) is 51.9 Å². The number of hydrogen-bond acceptors (Lipinski definition) is 3. The lowest BCUT2D eigenvalue weighted by Crippen LogP contribution is -2.17. The van der Waals surface area contributed by atoms with Crippen LogP contribution in [0.4, 0.5) is 5.00 Å². The third-order valence-corrected chi connectivity index (χ3v) is 3.67. The van der Waals surface area contributed by atoms with Gasteiger partial charge in [0.05, 0.1) is 5.00 Å². The monoisotopic (exact) mass is 260 g/mol. The van der Waals surface area contributed by atoms with Gasteiger partial charge in [0.1, 0.15) is 0 Å². The Labute approximate surface area is 108 Å². The smallest absolute Gasteiger partial charge is 0.0887 e. The van der Waals surface area contributed by atoms with Crippen molar-refractivity contribution >= 4 is 28.7 Å². The van der Waals surface area contributed by atoms with Crippen LogP contribution in [-0.4, -0.2) is 24.0 Å². The topological polar surface area (TPSA) is 15.3 Å². The summed E-state index contributed by atoms with van der Waals surface area (Å²) < 4.78 is 0. The number of likely N-dealkylation sites (tertiary alicyclic amines) is 1. The van der Waals surface area contributed by atoms with Crippen LogP contribution < -0.4 is 5.32 Å². The van der Waals surface area contributed by atoms with Gasteiger partial charge < -0.3 is 5.32 Å². The summed E-state index contributed by atoms with van der Waals surface area (Å²) in [7, 11) is 0. The van der Waals surface area contributed by atoms with Crippen LogP contribution in [0.15, 0.2) is 12.1 Å². The van der Waals surface area contributed by atoms with Gasteiger partial charge in [-0.25, -0.2) is 0 Å². The van der Waals surface area contributed by atoms with Gasteiger partial charge in [-0.3, -0.25) is 4.90 Å². The molecule has 0 spiro atoms. The minimum atomic E-state index is 0. The number of thiophene rings is 1. The molecule has 0 unspecified atom stereocenters. The standard InChI is InChI=1S/C12H20N2S.ClH/c1-10(2)13-12-6-5-11(15-12)9-14-7-3-4-8-14;/h5-6,10,13H,3-4,7-9H2,1-2H3;1H. The molecule has 0 saturated carbocycles. The molecule has 16 heavy (non-hydrogen) atoms. The largest absolute Gasteiger partial charge is 0.375 e. The zero-order chi connectivity index (χ0) is 10.7. The lowest BCUT2D eigenvalue weighted by Gasteiger charge is -2.12. The van der Waals surface area contributed by atoms with E-state index in [0.29, 0.717) is 6.04 Å². The number of nitrogens with zero attached hydrogens (tertiary/aromatic N) is 1. The van der Waals surface area contributed by atoms with Crippen molar-refractivity contribution in [1.29, 1.82) is 0 Å². The summed E-state index contributed by atoms with van der Waals surface area (Å²) >= 11 is 1.90. The molecule has 1 aliphatic rings. The third kappa shape index (κ3) is 3.96. The Kier molecular flexibility index (Phi) is 5.59. The van der Waals surface area contributed by atoms with E-state index in [2.05, 4.69) is 36.2 Å². The molecule has 4 heteroatoms. The molecule has 92 valence electrons. The molecule has 2 nitrogen and oxygen atoms in total. The van der Waals surface area contributed by atoms with Crippen molar-refractivity contribution in [1.82, 2.24) is 4.90 Å². The first-order valence-electron chi connectivity index (χ1n) is 5.81. The molecule has 1 saturated heterocycles. The average molecular weight is 261 g/mol. The normalized spacial score (nSPS) is 16.4. The maximum atomic E-state index is 3.45. The number of nitrogens with one attached hydrogen (secondary N) is 1. The summed E-state index contributed by atoms with van der Waals surface area (Å²) in [4.78, 5) is 4.03. The minimum Gasteiger partial charge on any atom is -0.375 e. The molecule has 0 bridgehead atoms. The zero-order valence-electron chi connectivity index (χ0n) is 10.0. The minimum absolute atomic E-state index is 0. The summed E-state index contributed by atoms with van der Waals surface area (Å²) in [5, 5.41) is 4.75. The first-order chi connectivity index (χ1) is 7.24. The Morgan fingerprint density at radius 2 is 2.00 bits per heavy atom. The number of halogens is 1. The predicted octanol–water partition coefficient (Wildman–Crippen LogP) is 3.59. The first kappa shape index (κ1) is 13.8. The van der Waals surface area contributed by atoms with E-state index in [1.807, 2.05) is 11.3 Å². The molecular weight excluding hydrogens is 240 g/mol. The second-order valence-corrected chi connectivity index (χ2v) is 5.72. The summed E-state index contributed by atoms with van der Waals surface area (Å²) in [6, 6.07) is 4.99. The van der Waals surface area contributed by atoms with Gasteiger partial charge in [0.25, 0.3) is 0 Å². The second kappa shape index (κ2) is 6.48. The highest BCUT2D eigenvalue weighted by molar-refractivity contribution is 7.16. The summed E-state index contributed by atoms with van der Waals surface area (Å²) in [5.41, 5.74) is 0. The number of anilines is 1. The molecule has 1 aromatic rings. The van der Waals surface area contributed by atoms with E-state index in [9.17, 15) is 0 Å². The Morgan fingerprint density at radius 1 is 1.31 bits per heavy atom. The van der Waals surface area contributed by atoms with Crippen LogP contribution in [-0.2, 0) is 6.54 Å². The summed E-state index contributed by atoms with van der Waals surface area (Å²) in [6.07, 6.45) is 2.75. The Hall–Kier alpha value is -0.250. The van der Waals surface area contributed by atoms with Gasteiger partial charge in [0.15, 0.2) is 0 Å². The number of rotatable bonds is 4. The van der Waals surface area contributed by atoms with Crippen LogP contribution in [0.25, 0.3) is 0 Å². The second-order valence-electron chi connectivity index (χ2n) is 4.55. The van der Waals surface area contributed by atoms with Gasteiger partial charge in [-0.2, -0.15) is 0 Å². The first-order valence-corrected chi connectivity index (χ1v) is 6.63. The molecular formula is C12H21ClN2S. The lowest BCUT2D eigenvalue weighted by molar-refractivity contribution is 0.334. The summed E-state index contributed by atoms with van der Waals surface area (Å²) in [5.74, 6) is 0. The zero-order valence-corrected chi connectivity index (χ0v) is 11.7.